The van der Waals surface area contributed by atoms with Crippen molar-refractivity contribution in [3.05, 3.63) is 65.2 Å². The lowest BCUT2D eigenvalue weighted by Crippen LogP contribution is -2.44. The van der Waals surface area contributed by atoms with E-state index in [0.717, 1.165) is 62.2 Å². The van der Waals surface area contributed by atoms with Crippen molar-refractivity contribution >= 4 is 21.7 Å². The van der Waals surface area contributed by atoms with E-state index in [2.05, 4.69) is 0 Å². The first-order valence-electron chi connectivity index (χ1n) is 14.6. The number of hydrogen-bond donors (Lipinski definition) is 1. The number of alkyl halides is 3. The summed E-state index contributed by atoms with van der Waals surface area (Å²) in [4.78, 5) is 25.9. The summed E-state index contributed by atoms with van der Waals surface area (Å²) < 4.78 is 104. The van der Waals surface area contributed by atoms with Gasteiger partial charge in [0.15, 0.2) is 15.4 Å². The second kappa shape index (κ2) is 11.7. The van der Waals surface area contributed by atoms with Gasteiger partial charge in [0.1, 0.15) is 16.4 Å². The zero-order valence-corrected chi connectivity index (χ0v) is 24.9. The van der Waals surface area contributed by atoms with Gasteiger partial charge in [-0.3, -0.25) is 9.59 Å². The maximum Gasteiger partial charge on any atom is 0.421 e. The highest BCUT2D eigenvalue weighted by molar-refractivity contribution is 7.92. The number of nitrogens with zero attached hydrogens (tertiary/aromatic N) is 1. The molecule has 7 nitrogen and oxygen atoms in total. The van der Waals surface area contributed by atoms with Crippen molar-refractivity contribution in [1.82, 2.24) is 4.90 Å². The van der Waals surface area contributed by atoms with E-state index in [0.29, 0.717) is 25.7 Å². The van der Waals surface area contributed by atoms with Gasteiger partial charge in [0.05, 0.1) is 17.4 Å². The van der Waals surface area contributed by atoms with Crippen LogP contribution in [0.25, 0.3) is 0 Å². The topological polar surface area (TPSA) is 101 Å². The Balaban J connectivity index is 1.52. The van der Waals surface area contributed by atoms with E-state index >= 15 is 4.39 Å². The van der Waals surface area contributed by atoms with Gasteiger partial charge in [-0.25, -0.2) is 17.2 Å². The van der Waals surface area contributed by atoms with Gasteiger partial charge in [0.2, 0.25) is 5.91 Å². The van der Waals surface area contributed by atoms with Crippen LogP contribution in [0, 0.1) is 29.4 Å². The number of hydrogen-bond acceptors (Lipinski definition) is 5. The Kier molecular flexibility index (Phi) is 8.60. The fraction of sp³-hybridized carbons (Fsp3) is 0.548. The molecule has 0 bridgehead atoms. The van der Waals surface area contributed by atoms with Crippen LogP contribution in [0.2, 0.25) is 0 Å². The molecule has 1 aliphatic heterocycles. The first-order chi connectivity index (χ1) is 20.6. The smallest absolute Gasteiger partial charge is 0.421 e. The molecule has 2 aromatic rings. The highest BCUT2D eigenvalue weighted by atomic mass is 32.2. The Morgan fingerprint density at radius 3 is 2.14 bits per heavy atom. The molecule has 1 saturated heterocycles. The number of likely N-dealkylation sites (tertiary alicyclic amines) is 1. The third kappa shape index (κ3) is 5.84. The monoisotopic (exact) mass is 643 g/mol. The zero-order chi connectivity index (χ0) is 32.1. The molecular formula is C31H34F5NO6S. The SMILES string of the molecule is CC(OCC1CC1)(c1ccc([C@]2(S(=O)(=O)c3ccc(F)cc3)CCN(C(=O)[C@H]3CC[C@H](C(=O)O)CC3)C2)cc1F)C(F)(F)F. The number of ether oxygens (including phenoxy) is 1. The van der Waals surface area contributed by atoms with Gasteiger partial charge in [-0.1, -0.05) is 12.1 Å². The van der Waals surface area contributed by atoms with Crippen LogP contribution in [0.1, 0.15) is 63.0 Å². The fourth-order valence-electron chi connectivity index (χ4n) is 6.33. The van der Waals surface area contributed by atoms with Crippen molar-refractivity contribution in [2.45, 2.75) is 73.3 Å². The molecule has 2 aromatic carbocycles. The standard InChI is InChI=1S/C31H34F5NO6S/c1-29(31(34,35)36,43-17-19-2-3-19)25-13-8-22(16-26(25)33)30(44(41,42)24-11-9-23(32)10-12-24)14-15-37(18-30)27(38)20-4-6-21(7-5-20)28(39)40/h8-13,16,19-21H,2-7,14-15,17-18H2,1H3,(H,39,40)/t20-,21-,29?,30-/m0/s1. The number of rotatable bonds is 9. The third-order valence-electron chi connectivity index (χ3n) is 9.46. The number of aliphatic carboxylic acids is 1. The van der Waals surface area contributed by atoms with Crippen molar-refractivity contribution < 1.29 is 49.8 Å². The summed E-state index contributed by atoms with van der Waals surface area (Å²) in [6.45, 7) is 0.100. The van der Waals surface area contributed by atoms with Gasteiger partial charge in [0, 0.05) is 24.6 Å². The first-order valence-corrected chi connectivity index (χ1v) is 16.1. The molecular weight excluding hydrogens is 609 g/mol. The van der Waals surface area contributed by atoms with Crippen molar-refractivity contribution in [2.75, 3.05) is 19.7 Å². The zero-order valence-electron chi connectivity index (χ0n) is 24.1. The minimum absolute atomic E-state index is 0.0355. The maximum atomic E-state index is 15.8. The van der Waals surface area contributed by atoms with Crippen molar-refractivity contribution in [2.24, 2.45) is 17.8 Å². The van der Waals surface area contributed by atoms with Gasteiger partial charge >= 0.3 is 12.1 Å². The summed E-state index contributed by atoms with van der Waals surface area (Å²) in [7, 11) is -4.45. The van der Waals surface area contributed by atoms with E-state index in [1.807, 2.05) is 0 Å². The number of carboxylic acid groups (broad SMARTS) is 1. The number of halogens is 5. The molecule has 1 N–H and O–H groups in total. The van der Waals surface area contributed by atoms with Crippen molar-refractivity contribution in [3.8, 4) is 0 Å². The largest absolute Gasteiger partial charge is 0.481 e. The summed E-state index contributed by atoms with van der Waals surface area (Å²) in [6, 6.07) is 6.82. The summed E-state index contributed by atoms with van der Waals surface area (Å²) in [5.41, 5.74) is -3.90. The molecule has 2 atom stereocenters. The van der Waals surface area contributed by atoms with E-state index in [1.165, 1.54) is 4.90 Å². The molecule has 3 fully saturated rings. The quantitative estimate of drug-likeness (QED) is 0.267. The van der Waals surface area contributed by atoms with Crippen molar-refractivity contribution in [3.63, 3.8) is 0 Å². The van der Waals surface area contributed by atoms with E-state index in [1.54, 1.807) is 0 Å². The molecule has 2 aliphatic carbocycles. The van der Waals surface area contributed by atoms with Crippen molar-refractivity contribution in [1.29, 1.82) is 0 Å². The van der Waals surface area contributed by atoms with Crippen LogP contribution in [-0.4, -0.2) is 56.2 Å². The predicted molar refractivity (Wildman–Crippen MR) is 148 cm³/mol. The molecule has 0 radical (unpaired) electrons. The van der Waals surface area contributed by atoms with Gasteiger partial charge < -0.3 is 14.7 Å². The van der Waals surface area contributed by atoms with Gasteiger partial charge in [-0.05, 0) is 93.7 Å². The molecule has 2 saturated carbocycles. The third-order valence-corrected chi connectivity index (χ3v) is 12.0. The lowest BCUT2D eigenvalue weighted by molar-refractivity contribution is -0.279. The molecule has 3 aliphatic rings. The highest BCUT2D eigenvalue weighted by Crippen LogP contribution is 2.48. The molecule has 13 heteroatoms. The summed E-state index contributed by atoms with van der Waals surface area (Å²) in [5, 5.41) is 9.29. The van der Waals surface area contributed by atoms with Crippen LogP contribution in [-0.2, 0) is 34.5 Å². The van der Waals surface area contributed by atoms with Crippen LogP contribution in [0.3, 0.4) is 0 Å². The maximum absolute atomic E-state index is 15.8. The highest BCUT2D eigenvalue weighted by Gasteiger charge is 2.57. The second-order valence-electron chi connectivity index (χ2n) is 12.3. The fourth-order valence-corrected chi connectivity index (χ4v) is 8.40. The normalized spacial score (nSPS) is 25.9. The van der Waals surface area contributed by atoms with Gasteiger partial charge in [-0.2, -0.15) is 13.2 Å². The molecule has 1 amide bonds. The van der Waals surface area contributed by atoms with Gasteiger partial charge in [0.25, 0.3) is 0 Å². The summed E-state index contributed by atoms with van der Waals surface area (Å²) in [5.74, 6) is -4.41. The number of carbonyl (C=O) groups excluding carboxylic acids is 1. The average Bonchev–Trinajstić information content (AvgIpc) is 3.70. The van der Waals surface area contributed by atoms with Gasteiger partial charge in [-0.15, -0.1) is 0 Å². The second-order valence-corrected chi connectivity index (χ2v) is 14.6. The van der Waals surface area contributed by atoms with E-state index in [4.69, 9.17) is 4.74 Å². The molecule has 0 spiro atoms. The average molecular weight is 644 g/mol. The van der Waals surface area contributed by atoms with E-state index in [-0.39, 0.29) is 41.9 Å². The van der Waals surface area contributed by atoms with E-state index < -0.39 is 67.9 Å². The van der Waals surface area contributed by atoms with E-state index in [9.17, 15) is 40.7 Å². The summed E-state index contributed by atoms with van der Waals surface area (Å²) in [6.07, 6.45) is -2.51. The molecule has 240 valence electrons. The number of amides is 1. The van der Waals surface area contributed by atoms with Crippen LogP contribution in [0.5, 0.6) is 0 Å². The minimum Gasteiger partial charge on any atom is -0.481 e. The first kappa shape index (κ1) is 32.3. The Morgan fingerprint density at radius 2 is 1.59 bits per heavy atom. The molecule has 1 heterocycles. The molecule has 44 heavy (non-hydrogen) atoms. The molecule has 5 rings (SSSR count). The Bertz CT molecular complexity index is 1520. The number of sulfone groups is 1. The Hall–Kier alpha value is -3.06. The number of carboxylic acids is 1. The molecule has 1 unspecified atom stereocenters. The predicted octanol–water partition coefficient (Wildman–Crippen LogP) is 5.96. The summed E-state index contributed by atoms with van der Waals surface area (Å²) >= 11 is 0. The lowest BCUT2D eigenvalue weighted by Gasteiger charge is -2.35. The Morgan fingerprint density at radius 1 is 0.977 bits per heavy atom. The molecule has 0 aromatic heterocycles. The number of carbonyl (C=O) groups is 2. The lowest BCUT2D eigenvalue weighted by atomic mass is 9.81. The van der Waals surface area contributed by atoms with Crippen LogP contribution in [0.15, 0.2) is 47.4 Å². The van der Waals surface area contributed by atoms with Crippen LogP contribution in [0.4, 0.5) is 22.0 Å². The van der Waals surface area contributed by atoms with Crippen LogP contribution < -0.4 is 0 Å². The van der Waals surface area contributed by atoms with Crippen LogP contribution >= 0.6 is 0 Å². The Labute approximate surface area is 252 Å². The number of benzene rings is 2. The minimum atomic E-state index is -4.97.